The Morgan fingerprint density at radius 1 is 1.04 bits per heavy atom. The average molecular weight is 317 g/mol. The van der Waals surface area contributed by atoms with E-state index >= 15 is 0 Å². The minimum absolute atomic E-state index is 0.611. The molecule has 6 nitrogen and oxygen atoms in total. The van der Waals surface area contributed by atoms with E-state index in [1.54, 1.807) is 18.7 Å². The number of pyridine rings is 1. The van der Waals surface area contributed by atoms with Crippen molar-refractivity contribution in [2.45, 2.75) is 6.92 Å². The van der Waals surface area contributed by atoms with Gasteiger partial charge in [-0.15, -0.1) is 0 Å². The zero-order valence-corrected chi connectivity index (χ0v) is 13.0. The molecule has 1 N–H and O–H groups in total. The third-order valence-corrected chi connectivity index (χ3v) is 3.56. The maximum Gasteiger partial charge on any atom is 0.191 e. The summed E-state index contributed by atoms with van der Waals surface area (Å²) in [6.07, 6.45) is 7.01. The second kappa shape index (κ2) is 6.00. The van der Waals surface area contributed by atoms with E-state index in [1.807, 2.05) is 60.2 Å². The molecule has 0 bridgehead atoms. The van der Waals surface area contributed by atoms with Crippen LogP contribution in [0.1, 0.15) is 5.89 Å². The summed E-state index contributed by atoms with van der Waals surface area (Å²) in [4.78, 5) is 13.2. The molecule has 0 radical (unpaired) electrons. The molecular weight excluding hydrogens is 302 g/mol. The van der Waals surface area contributed by atoms with Crippen LogP contribution in [0.3, 0.4) is 0 Å². The fourth-order valence-corrected chi connectivity index (χ4v) is 2.44. The summed E-state index contributed by atoms with van der Waals surface area (Å²) in [5, 5.41) is 3.26. The van der Waals surface area contributed by atoms with E-state index in [1.165, 1.54) is 0 Å². The van der Waals surface area contributed by atoms with Gasteiger partial charge in [0.1, 0.15) is 17.8 Å². The summed E-state index contributed by atoms with van der Waals surface area (Å²) in [6, 6.07) is 13.8. The summed E-state index contributed by atoms with van der Waals surface area (Å²) in [5.41, 5.74) is 2.60. The number of rotatable bonds is 4. The third-order valence-electron chi connectivity index (χ3n) is 3.56. The molecular formula is C18H15N5O. The van der Waals surface area contributed by atoms with Crippen molar-refractivity contribution in [2.75, 3.05) is 5.32 Å². The highest BCUT2D eigenvalue weighted by molar-refractivity contribution is 5.58. The molecule has 118 valence electrons. The van der Waals surface area contributed by atoms with Gasteiger partial charge in [-0.3, -0.25) is 4.57 Å². The lowest BCUT2D eigenvalue weighted by atomic mass is 10.3. The Labute approximate surface area is 138 Å². The number of benzene rings is 1. The van der Waals surface area contributed by atoms with Crippen LogP contribution >= 0.6 is 0 Å². The fourth-order valence-electron chi connectivity index (χ4n) is 2.44. The fraction of sp³-hybridized carbons (Fsp3) is 0.0556. The van der Waals surface area contributed by atoms with Crippen LogP contribution in [0.5, 0.6) is 0 Å². The Hall–Kier alpha value is -3.41. The van der Waals surface area contributed by atoms with Crippen LogP contribution in [0.25, 0.3) is 17.2 Å². The van der Waals surface area contributed by atoms with Gasteiger partial charge in [-0.05, 0) is 24.3 Å². The molecule has 0 aliphatic heterocycles. The Bertz CT molecular complexity index is 941. The number of imidazole rings is 1. The lowest BCUT2D eigenvalue weighted by Crippen LogP contribution is -1.99. The zero-order chi connectivity index (χ0) is 16.4. The molecule has 0 aliphatic carbocycles. The number of hydrogen-bond donors (Lipinski definition) is 1. The lowest BCUT2D eigenvalue weighted by molar-refractivity contribution is 0.521. The largest absolute Gasteiger partial charge is 0.449 e. The third kappa shape index (κ3) is 2.77. The first kappa shape index (κ1) is 14.2. The van der Waals surface area contributed by atoms with E-state index in [-0.39, 0.29) is 0 Å². The molecule has 0 saturated heterocycles. The predicted octanol–water partition coefficient (Wildman–Crippen LogP) is 3.97. The van der Waals surface area contributed by atoms with Gasteiger partial charge < -0.3 is 9.73 Å². The minimum Gasteiger partial charge on any atom is -0.449 e. The lowest BCUT2D eigenvalue weighted by Gasteiger charge is -2.08. The molecule has 0 amide bonds. The Morgan fingerprint density at radius 2 is 1.92 bits per heavy atom. The number of hydrogen-bond acceptors (Lipinski definition) is 5. The first-order chi connectivity index (χ1) is 11.8. The van der Waals surface area contributed by atoms with Gasteiger partial charge in [-0.25, -0.2) is 15.0 Å². The summed E-state index contributed by atoms with van der Waals surface area (Å²) in [7, 11) is 0. The van der Waals surface area contributed by atoms with E-state index in [0.29, 0.717) is 11.6 Å². The number of anilines is 2. The van der Waals surface area contributed by atoms with Crippen LogP contribution < -0.4 is 5.32 Å². The van der Waals surface area contributed by atoms with Crippen LogP contribution in [0.2, 0.25) is 0 Å². The van der Waals surface area contributed by atoms with Crippen molar-refractivity contribution in [3.63, 3.8) is 0 Å². The standard InChI is InChI=1S/C18H15N5O/c1-13-21-16(12-24-13)18-19-9-10-23(18)15-7-8-17(20-11-15)22-14-5-3-2-4-6-14/h2-12H,1H3,(H,20,22). The number of para-hydroxylation sites is 1. The number of nitrogens with zero attached hydrogens (tertiary/aromatic N) is 4. The molecule has 24 heavy (non-hydrogen) atoms. The van der Waals surface area contributed by atoms with Crippen molar-refractivity contribution in [3.05, 3.63) is 73.2 Å². The molecule has 4 rings (SSSR count). The van der Waals surface area contributed by atoms with Crippen molar-refractivity contribution >= 4 is 11.5 Å². The zero-order valence-electron chi connectivity index (χ0n) is 13.0. The Balaban J connectivity index is 1.61. The molecule has 4 aromatic rings. The van der Waals surface area contributed by atoms with Crippen LogP contribution in [0, 0.1) is 6.92 Å². The smallest absolute Gasteiger partial charge is 0.191 e. The molecule has 0 spiro atoms. The van der Waals surface area contributed by atoms with Crippen molar-refractivity contribution in [1.29, 1.82) is 0 Å². The Kier molecular flexibility index (Phi) is 3.55. The van der Waals surface area contributed by atoms with E-state index in [9.17, 15) is 0 Å². The number of oxazole rings is 1. The highest BCUT2D eigenvalue weighted by Gasteiger charge is 2.11. The molecule has 0 fully saturated rings. The molecule has 0 aliphatic rings. The second-order valence-corrected chi connectivity index (χ2v) is 5.27. The van der Waals surface area contributed by atoms with Gasteiger partial charge in [0.2, 0.25) is 0 Å². The molecule has 0 atom stereocenters. The van der Waals surface area contributed by atoms with E-state index < -0.39 is 0 Å². The molecule has 3 heterocycles. The summed E-state index contributed by atoms with van der Waals surface area (Å²) in [6.45, 7) is 1.81. The number of aromatic nitrogens is 4. The van der Waals surface area contributed by atoms with Crippen molar-refractivity contribution in [3.8, 4) is 17.2 Å². The second-order valence-electron chi connectivity index (χ2n) is 5.27. The maximum atomic E-state index is 5.27. The van der Waals surface area contributed by atoms with Gasteiger partial charge in [-0.2, -0.15) is 0 Å². The van der Waals surface area contributed by atoms with Crippen LogP contribution in [-0.2, 0) is 0 Å². The summed E-state index contributed by atoms with van der Waals surface area (Å²) in [5.74, 6) is 2.11. The van der Waals surface area contributed by atoms with Gasteiger partial charge in [0.05, 0.1) is 11.9 Å². The molecule has 1 aromatic carbocycles. The van der Waals surface area contributed by atoms with Gasteiger partial charge in [0, 0.05) is 25.0 Å². The summed E-state index contributed by atoms with van der Waals surface area (Å²) < 4.78 is 7.20. The molecule has 0 unspecified atom stereocenters. The van der Waals surface area contributed by atoms with E-state index in [4.69, 9.17) is 4.42 Å². The van der Waals surface area contributed by atoms with Gasteiger partial charge in [0.15, 0.2) is 11.7 Å². The van der Waals surface area contributed by atoms with Crippen molar-refractivity contribution in [1.82, 2.24) is 19.5 Å². The minimum atomic E-state index is 0.611. The highest BCUT2D eigenvalue weighted by Crippen LogP contribution is 2.21. The molecule has 0 saturated carbocycles. The van der Waals surface area contributed by atoms with E-state index in [0.717, 1.165) is 23.0 Å². The monoisotopic (exact) mass is 317 g/mol. The molecule has 6 heteroatoms. The normalized spacial score (nSPS) is 10.7. The quantitative estimate of drug-likeness (QED) is 0.616. The maximum absolute atomic E-state index is 5.27. The first-order valence-corrected chi connectivity index (χ1v) is 7.54. The van der Waals surface area contributed by atoms with Crippen molar-refractivity contribution in [2.24, 2.45) is 0 Å². The van der Waals surface area contributed by atoms with Crippen molar-refractivity contribution < 1.29 is 4.42 Å². The van der Waals surface area contributed by atoms with Crippen LogP contribution in [0.15, 0.2) is 71.7 Å². The topological polar surface area (TPSA) is 68.8 Å². The van der Waals surface area contributed by atoms with Crippen LogP contribution in [-0.4, -0.2) is 19.5 Å². The number of nitrogens with one attached hydrogen (secondary N) is 1. The Morgan fingerprint density at radius 3 is 2.62 bits per heavy atom. The van der Waals surface area contributed by atoms with E-state index in [2.05, 4.69) is 20.3 Å². The average Bonchev–Trinajstić information content (AvgIpc) is 3.25. The van der Waals surface area contributed by atoms with Crippen LogP contribution in [0.4, 0.5) is 11.5 Å². The summed E-state index contributed by atoms with van der Waals surface area (Å²) >= 11 is 0. The predicted molar refractivity (Wildman–Crippen MR) is 91.3 cm³/mol. The first-order valence-electron chi connectivity index (χ1n) is 7.54. The molecule has 3 aromatic heterocycles. The van der Waals surface area contributed by atoms with Gasteiger partial charge in [0.25, 0.3) is 0 Å². The van der Waals surface area contributed by atoms with Gasteiger partial charge >= 0.3 is 0 Å². The number of aryl methyl sites for hydroxylation is 1. The highest BCUT2D eigenvalue weighted by atomic mass is 16.3. The van der Waals surface area contributed by atoms with Gasteiger partial charge in [-0.1, -0.05) is 18.2 Å². The SMILES string of the molecule is Cc1nc(-c2nccn2-c2ccc(Nc3ccccc3)nc2)co1.